The van der Waals surface area contributed by atoms with Gasteiger partial charge in [-0.1, -0.05) is 30.3 Å². The Balaban J connectivity index is 2.12. The van der Waals surface area contributed by atoms with Crippen LogP contribution in [0, 0.1) is 17.5 Å². The van der Waals surface area contributed by atoms with Crippen molar-refractivity contribution in [1.29, 1.82) is 0 Å². The van der Waals surface area contributed by atoms with Crippen LogP contribution in [-0.2, 0) is 6.42 Å². The molecule has 0 radical (unpaired) electrons. The van der Waals surface area contributed by atoms with Gasteiger partial charge in [0.1, 0.15) is 0 Å². The van der Waals surface area contributed by atoms with Crippen LogP contribution < -0.4 is 5.32 Å². The van der Waals surface area contributed by atoms with E-state index >= 15 is 0 Å². The standard InChI is InChI=1S/C16H16F3N/c1-20-15(8-7-11-5-3-2-4-6-11)12-9-13(17)16(19)14(18)10-12/h2-6,9-10,15,20H,7-8H2,1H3. The Labute approximate surface area is 116 Å². The molecule has 0 saturated heterocycles. The van der Waals surface area contributed by atoms with Crippen LogP contribution in [0.5, 0.6) is 0 Å². The van der Waals surface area contributed by atoms with E-state index in [0.29, 0.717) is 12.0 Å². The first-order valence-corrected chi connectivity index (χ1v) is 6.47. The van der Waals surface area contributed by atoms with E-state index in [9.17, 15) is 13.2 Å². The highest BCUT2D eigenvalue weighted by atomic mass is 19.2. The second kappa shape index (κ2) is 6.57. The number of rotatable bonds is 5. The molecular weight excluding hydrogens is 263 g/mol. The molecule has 1 N–H and O–H groups in total. The number of nitrogens with one attached hydrogen (secondary N) is 1. The fraction of sp³-hybridized carbons (Fsp3) is 0.250. The first-order chi connectivity index (χ1) is 9.61. The van der Waals surface area contributed by atoms with E-state index in [1.165, 1.54) is 0 Å². The zero-order valence-corrected chi connectivity index (χ0v) is 11.2. The fourth-order valence-corrected chi connectivity index (χ4v) is 2.21. The van der Waals surface area contributed by atoms with Gasteiger partial charge >= 0.3 is 0 Å². The summed E-state index contributed by atoms with van der Waals surface area (Å²) in [6.45, 7) is 0. The summed E-state index contributed by atoms with van der Waals surface area (Å²) >= 11 is 0. The highest BCUT2D eigenvalue weighted by Gasteiger charge is 2.16. The normalized spacial score (nSPS) is 12.4. The van der Waals surface area contributed by atoms with Crippen molar-refractivity contribution in [2.45, 2.75) is 18.9 Å². The minimum absolute atomic E-state index is 0.222. The highest BCUT2D eigenvalue weighted by molar-refractivity contribution is 5.23. The third-order valence-corrected chi connectivity index (χ3v) is 3.32. The lowest BCUT2D eigenvalue weighted by Crippen LogP contribution is -2.18. The van der Waals surface area contributed by atoms with Gasteiger partial charge in [-0.3, -0.25) is 0 Å². The third kappa shape index (κ3) is 3.39. The topological polar surface area (TPSA) is 12.0 Å². The minimum atomic E-state index is -1.42. The third-order valence-electron chi connectivity index (χ3n) is 3.32. The van der Waals surface area contributed by atoms with Crippen LogP contribution in [0.25, 0.3) is 0 Å². The Kier molecular flexibility index (Phi) is 4.79. The van der Waals surface area contributed by atoms with Crippen molar-refractivity contribution in [3.63, 3.8) is 0 Å². The van der Waals surface area contributed by atoms with E-state index in [0.717, 1.165) is 24.1 Å². The number of hydrogen-bond acceptors (Lipinski definition) is 1. The summed E-state index contributed by atoms with van der Waals surface area (Å²) < 4.78 is 39.5. The maximum absolute atomic E-state index is 13.3. The molecule has 4 heteroatoms. The molecule has 106 valence electrons. The average Bonchev–Trinajstić information content (AvgIpc) is 2.46. The second-order valence-corrected chi connectivity index (χ2v) is 4.66. The van der Waals surface area contributed by atoms with Crippen molar-refractivity contribution in [2.24, 2.45) is 0 Å². The van der Waals surface area contributed by atoms with Crippen LogP contribution in [0.3, 0.4) is 0 Å². The van der Waals surface area contributed by atoms with Gasteiger partial charge in [-0.15, -0.1) is 0 Å². The van der Waals surface area contributed by atoms with Crippen molar-refractivity contribution in [3.8, 4) is 0 Å². The SMILES string of the molecule is CNC(CCc1ccccc1)c1cc(F)c(F)c(F)c1. The Morgan fingerprint density at radius 2 is 1.60 bits per heavy atom. The number of hydrogen-bond donors (Lipinski definition) is 1. The molecule has 0 amide bonds. The predicted octanol–water partition coefficient (Wildman–Crippen LogP) is 4.00. The van der Waals surface area contributed by atoms with Crippen LogP contribution in [0.2, 0.25) is 0 Å². The van der Waals surface area contributed by atoms with Crippen molar-refractivity contribution in [2.75, 3.05) is 7.05 Å². The molecule has 0 aromatic heterocycles. The summed E-state index contributed by atoms with van der Waals surface area (Å²) in [5.74, 6) is -3.73. The number of halogens is 3. The van der Waals surface area contributed by atoms with Crippen LogP contribution in [0.4, 0.5) is 13.2 Å². The number of aryl methyl sites for hydroxylation is 1. The van der Waals surface area contributed by atoms with Crippen molar-refractivity contribution < 1.29 is 13.2 Å². The maximum atomic E-state index is 13.3. The molecule has 0 fully saturated rings. The lowest BCUT2D eigenvalue weighted by Gasteiger charge is -2.17. The Bertz CT molecular complexity index is 546. The van der Waals surface area contributed by atoms with Gasteiger partial charge in [-0.05, 0) is 43.1 Å². The molecule has 20 heavy (non-hydrogen) atoms. The molecule has 0 spiro atoms. The van der Waals surface area contributed by atoms with E-state index in [2.05, 4.69) is 5.32 Å². The van der Waals surface area contributed by atoms with Crippen LogP contribution >= 0.6 is 0 Å². The van der Waals surface area contributed by atoms with Gasteiger partial charge in [-0.2, -0.15) is 0 Å². The van der Waals surface area contributed by atoms with E-state index in [1.807, 2.05) is 30.3 Å². The van der Waals surface area contributed by atoms with Gasteiger partial charge in [-0.25, -0.2) is 13.2 Å². The molecule has 0 aliphatic heterocycles. The predicted molar refractivity (Wildman–Crippen MR) is 72.9 cm³/mol. The fourth-order valence-electron chi connectivity index (χ4n) is 2.21. The first kappa shape index (κ1) is 14.6. The summed E-state index contributed by atoms with van der Waals surface area (Å²) in [4.78, 5) is 0. The molecule has 0 saturated carbocycles. The molecule has 2 aromatic carbocycles. The Hall–Kier alpha value is -1.81. The monoisotopic (exact) mass is 279 g/mol. The summed E-state index contributed by atoms with van der Waals surface area (Å²) in [5, 5.41) is 3.01. The minimum Gasteiger partial charge on any atom is -0.313 e. The molecule has 2 rings (SSSR count). The molecule has 1 atom stereocenters. The highest BCUT2D eigenvalue weighted by Crippen LogP contribution is 2.23. The molecule has 1 unspecified atom stereocenters. The zero-order valence-electron chi connectivity index (χ0n) is 11.2. The molecule has 1 nitrogen and oxygen atoms in total. The molecule has 0 aliphatic rings. The molecule has 2 aromatic rings. The zero-order chi connectivity index (χ0) is 14.5. The molecule has 0 aliphatic carbocycles. The van der Waals surface area contributed by atoms with Crippen molar-refractivity contribution >= 4 is 0 Å². The van der Waals surface area contributed by atoms with Crippen LogP contribution in [0.15, 0.2) is 42.5 Å². The smallest absolute Gasteiger partial charge is 0.194 e. The lowest BCUT2D eigenvalue weighted by atomic mass is 9.99. The summed E-state index contributed by atoms with van der Waals surface area (Å²) in [6, 6.07) is 11.7. The average molecular weight is 279 g/mol. The first-order valence-electron chi connectivity index (χ1n) is 6.47. The lowest BCUT2D eigenvalue weighted by molar-refractivity contribution is 0.439. The maximum Gasteiger partial charge on any atom is 0.194 e. The van der Waals surface area contributed by atoms with Crippen LogP contribution in [-0.4, -0.2) is 7.05 Å². The van der Waals surface area contributed by atoms with Gasteiger partial charge in [0.2, 0.25) is 0 Å². The van der Waals surface area contributed by atoms with Crippen molar-refractivity contribution in [3.05, 3.63) is 71.0 Å². The largest absolute Gasteiger partial charge is 0.313 e. The van der Waals surface area contributed by atoms with Gasteiger partial charge in [0.25, 0.3) is 0 Å². The number of benzene rings is 2. The van der Waals surface area contributed by atoms with E-state index in [-0.39, 0.29) is 6.04 Å². The summed E-state index contributed by atoms with van der Waals surface area (Å²) in [7, 11) is 1.72. The van der Waals surface area contributed by atoms with Gasteiger partial charge in [0.05, 0.1) is 0 Å². The van der Waals surface area contributed by atoms with Crippen LogP contribution in [0.1, 0.15) is 23.6 Å². The quantitative estimate of drug-likeness (QED) is 0.816. The second-order valence-electron chi connectivity index (χ2n) is 4.66. The Morgan fingerprint density at radius 3 is 2.15 bits per heavy atom. The summed E-state index contributed by atoms with van der Waals surface area (Å²) in [5.41, 5.74) is 1.57. The van der Waals surface area contributed by atoms with Gasteiger partial charge in [0.15, 0.2) is 17.5 Å². The van der Waals surface area contributed by atoms with E-state index in [4.69, 9.17) is 0 Å². The molecular formula is C16H16F3N. The van der Waals surface area contributed by atoms with Gasteiger partial charge < -0.3 is 5.32 Å². The molecule has 0 bridgehead atoms. The Morgan fingerprint density at radius 1 is 1.00 bits per heavy atom. The van der Waals surface area contributed by atoms with E-state index in [1.54, 1.807) is 7.05 Å². The van der Waals surface area contributed by atoms with Gasteiger partial charge in [0, 0.05) is 6.04 Å². The molecule has 0 heterocycles. The van der Waals surface area contributed by atoms with E-state index < -0.39 is 17.5 Å². The summed E-state index contributed by atoms with van der Waals surface area (Å²) in [6.07, 6.45) is 1.44. The van der Waals surface area contributed by atoms with Crippen molar-refractivity contribution in [1.82, 2.24) is 5.32 Å².